The fourth-order valence-electron chi connectivity index (χ4n) is 4.69. The van der Waals surface area contributed by atoms with Crippen LogP contribution in [0.15, 0.2) is 35.1 Å². The van der Waals surface area contributed by atoms with E-state index in [1.165, 1.54) is 29.5 Å². The van der Waals surface area contributed by atoms with Gasteiger partial charge in [0, 0.05) is 23.9 Å². The molecule has 32 heavy (non-hydrogen) atoms. The molecule has 2 heterocycles. The van der Waals surface area contributed by atoms with Crippen molar-refractivity contribution in [1.82, 2.24) is 9.55 Å². The molecule has 0 saturated heterocycles. The first-order valence-corrected chi connectivity index (χ1v) is 11.3. The monoisotopic (exact) mass is 431 g/mol. The lowest BCUT2D eigenvalue weighted by Crippen LogP contribution is -2.28. The lowest BCUT2D eigenvalue weighted by Gasteiger charge is -2.24. The van der Waals surface area contributed by atoms with Crippen molar-refractivity contribution in [1.29, 1.82) is 0 Å². The molecule has 0 unspecified atom stereocenters. The molecular formula is C26H29N3O3. The highest BCUT2D eigenvalue weighted by Gasteiger charge is 2.25. The maximum Gasteiger partial charge on any atom is 0.350 e. The van der Waals surface area contributed by atoms with Crippen LogP contribution in [0.5, 0.6) is 11.5 Å². The van der Waals surface area contributed by atoms with Crippen molar-refractivity contribution in [3.8, 4) is 22.8 Å². The molecule has 1 saturated carbocycles. The van der Waals surface area contributed by atoms with Crippen molar-refractivity contribution >= 4 is 11.5 Å². The molecule has 6 nitrogen and oxygen atoms in total. The van der Waals surface area contributed by atoms with E-state index in [1.807, 2.05) is 25.1 Å². The van der Waals surface area contributed by atoms with Crippen LogP contribution in [0.4, 0.5) is 11.5 Å². The van der Waals surface area contributed by atoms with Gasteiger partial charge in [0.1, 0.15) is 5.82 Å². The Morgan fingerprint density at radius 3 is 2.50 bits per heavy atom. The van der Waals surface area contributed by atoms with Gasteiger partial charge in [0.2, 0.25) is 0 Å². The van der Waals surface area contributed by atoms with E-state index in [-0.39, 0.29) is 5.69 Å². The number of benzene rings is 2. The number of fused-ring (bicyclic) bond motifs is 3. The first-order chi connectivity index (χ1) is 15.5. The third-order valence-electron chi connectivity index (χ3n) is 6.44. The highest BCUT2D eigenvalue weighted by molar-refractivity contribution is 5.74. The highest BCUT2D eigenvalue weighted by atomic mass is 16.5. The summed E-state index contributed by atoms with van der Waals surface area (Å²) in [6, 6.07) is 10.5. The number of ether oxygens (including phenoxy) is 2. The number of hydrogen-bond acceptors (Lipinski definition) is 5. The number of methoxy groups -OCH3 is 1. The molecule has 166 valence electrons. The van der Waals surface area contributed by atoms with Crippen molar-refractivity contribution in [3.05, 3.63) is 63.1 Å². The Bertz CT molecular complexity index is 1230. The molecule has 6 heteroatoms. The molecule has 0 spiro atoms. The van der Waals surface area contributed by atoms with Crippen molar-refractivity contribution in [2.24, 2.45) is 0 Å². The zero-order valence-corrected chi connectivity index (χ0v) is 19.1. The average Bonchev–Trinajstić information content (AvgIpc) is 3.61. The molecular weight excluding hydrogens is 402 g/mol. The Kier molecular flexibility index (Phi) is 5.16. The summed E-state index contributed by atoms with van der Waals surface area (Å²) in [5.41, 5.74) is 7.52. The van der Waals surface area contributed by atoms with Crippen molar-refractivity contribution < 1.29 is 9.47 Å². The number of nitrogens with one attached hydrogen (secondary N) is 1. The zero-order valence-electron chi connectivity index (χ0n) is 19.1. The van der Waals surface area contributed by atoms with E-state index < -0.39 is 0 Å². The molecule has 1 aliphatic heterocycles. The van der Waals surface area contributed by atoms with Gasteiger partial charge in [-0.2, -0.15) is 4.98 Å². The Morgan fingerprint density at radius 1 is 1.09 bits per heavy atom. The van der Waals surface area contributed by atoms with Crippen LogP contribution in [-0.4, -0.2) is 23.3 Å². The van der Waals surface area contributed by atoms with Gasteiger partial charge in [-0.15, -0.1) is 0 Å². The number of nitrogens with zero attached hydrogens (tertiary/aromatic N) is 2. The predicted molar refractivity (Wildman–Crippen MR) is 127 cm³/mol. The first kappa shape index (κ1) is 20.6. The number of hydrogen-bond donors (Lipinski definition) is 1. The number of rotatable bonds is 6. The molecule has 2 aliphatic rings. The van der Waals surface area contributed by atoms with Gasteiger partial charge >= 0.3 is 5.69 Å². The highest BCUT2D eigenvalue weighted by Crippen LogP contribution is 2.42. The summed E-state index contributed by atoms with van der Waals surface area (Å²) in [7, 11) is 1.64. The minimum absolute atomic E-state index is 0.242. The zero-order chi connectivity index (χ0) is 22.4. The van der Waals surface area contributed by atoms with Gasteiger partial charge < -0.3 is 14.8 Å². The van der Waals surface area contributed by atoms with Gasteiger partial charge in [-0.05, 0) is 80.3 Å². The largest absolute Gasteiger partial charge is 0.493 e. The third kappa shape index (κ3) is 3.64. The number of anilines is 2. The second-order valence-corrected chi connectivity index (χ2v) is 8.73. The van der Waals surface area contributed by atoms with Gasteiger partial charge in [-0.25, -0.2) is 4.79 Å². The summed E-state index contributed by atoms with van der Waals surface area (Å²) in [5.74, 6) is 2.67. The molecule has 0 atom stereocenters. The normalized spacial score (nSPS) is 14.5. The fraction of sp³-hybridized carbons (Fsp3) is 0.385. The molecule has 2 aromatic carbocycles. The summed E-state index contributed by atoms with van der Waals surface area (Å²) in [5, 5.41) is 3.43. The molecule has 0 amide bonds. The summed E-state index contributed by atoms with van der Waals surface area (Å²) in [6.07, 6.45) is 3.31. The summed E-state index contributed by atoms with van der Waals surface area (Å²) in [6.45, 7) is 7.35. The molecule has 1 aliphatic carbocycles. The lowest BCUT2D eigenvalue weighted by atomic mass is 9.96. The summed E-state index contributed by atoms with van der Waals surface area (Å²) < 4.78 is 13.0. The van der Waals surface area contributed by atoms with Crippen molar-refractivity contribution in [2.75, 3.05) is 19.0 Å². The second kappa shape index (κ2) is 8.01. The third-order valence-corrected chi connectivity index (χ3v) is 6.44. The standard InChI is InChI=1S/C26H29N3O3/c1-5-32-23-12-18-8-9-29-21(20(18)13-22(23)31-4)14-24(28-26(29)30)27-25-15(2)10-19(11-16(25)3)17-6-7-17/h10-14,17H,5-9H2,1-4H3,(H,27,28,30). The first-order valence-electron chi connectivity index (χ1n) is 11.3. The maximum atomic E-state index is 12.9. The molecule has 0 bridgehead atoms. The lowest BCUT2D eigenvalue weighted by molar-refractivity contribution is 0.310. The molecule has 0 radical (unpaired) electrons. The molecule has 1 N–H and O–H groups in total. The van der Waals surface area contributed by atoms with Gasteiger partial charge in [0.05, 0.1) is 19.4 Å². The van der Waals surface area contributed by atoms with E-state index in [4.69, 9.17) is 9.47 Å². The predicted octanol–water partition coefficient (Wildman–Crippen LogP) is 5.11. The van der Waals surface area contributed by atoms with E-state index in [0.717, 1.165) is 34.7 Å². The second-order valence-electron chi connectivity index (χ2n) is 8.73. The van der Waals surface area contributed by atoms with E-state index >= 15 is 0 Å². The van der Waals surface area contributed by atoms with E-state index in [9.17, 15) is 4.79 Å². The fourth-order valence-corrected chi connectivity index (χ4v) is 4.69. The van der Waals surface area contributed by atoms with Crippen LogP contribution >= 0.6 is 0 Å². The summed E-state index contributed by atoms with van der Waals surface area (Å²) in [4.78, 5) is 17.2. The van der Waals surface area contributed by atoms with E-state index in [0.29, 0.717) is 30.6 Å². The quantitative estimate of drug-likeness (QED) is 0.587. The number of aryl methyl sites for hydroxylation is 3. The van der Waals surface area contributed by atoms with Crippen molar-refractivity contribution in [2.45, 2.75) is 52.5 Å². The van der Waals surface area contributed by atoms with Crippen LogP contribution in [0.3, 0.4) is 0 Å². The smallest absolute Gasteiger partial charge is 0.350 e. The van der Waals surface area contributed by atoms with Crippen LogP contribution < -0.4 is 20.5 Å². The van der Waals surface area contributed by atoms with Crippen LogP contribution in [0.2, 0.25) is 0 Å². The molecule has 1 fully saturated rings. The molecule has 3 aromatic rings. The Hall–Kier alpha value is -3.28. The minimum atomic E-state index is -0.242. The topological polar surface area (TPSA) is 65.4 Å². The average molecular weight is 432 g/mol. The maximum absolute atomic E-state index is 12.9. The van der Waals surface area contributed by atoms with Crippen LogP contribution in [0, 0.1) is 13.8 Å². The van der Waals surface area contributed by atoms with Crippen LogP contribution in [0.1, 0.15) is 47.9 Å². The summed E-state index contributed by atoms with van der Waals surface area (Å²) >= 11 is 0. The molecule has 1 aromatic heterocycles. The van der Waals surface area contributed by atoms with Crippen LogP contribution in [0.25, 0.3) is 11.3 Å². The SMILES string of the molecule is CCOc1cc2c(cc1OC)-c1cc(Nc3c(C)cc(C4CC4)cc3C)nc(=O)n1CC2. The van der Waals surface area contributed by atoms with Crippen molar-refractivity contribution in [3.63, 3.8) is 0 Å². The Labute approximate surface area is 188 Å². The van der Waals surface area contributed by atoms with Gasteiger partial charge in [0.15, 0.2) is 11.5 Å². The van der Waals surface area contributed by atoms with Gasteiger partial charge in [-0.3, -0.25) is 4.57 Å². The Balaban J connectivity index is 1.56. The van der Waals surface area contributed by atoms with E-state index in [2.05, 4.69) is 36.3 Å². The molecule has 5 rings (SSSR count). The van der Waals surface area contributed by atoms with Gasteiger partial charge in [0.25, 0.3) is 0 Å². The number of aromatic nitrogens is 2. The van der Waals surface area contributed by atoms with Gasteiger partial charge in [-0.1, -0.05) is 12.1 Å². The minimum Gasteiger partial charge on any atom is -0.493 e. The Morgan fingerprint density at radius 2 is 1.84 bits per heavy atom. The van der Waals surface area contributed by atoms with Crippen LogP contribution in [-0.2, 0) is 13.0 Å². The van der Waals surface area contributed by atoms with E-state index in [1.54, 1.807) is 11.7 Å².